The quantitative estimate of drug-likeness (QED) is 0.769. The highest BCUT2D eigenvalue weighted by Gasteiger charge is 2.29. The van der Waals surface area contributed by atoms with E-state index in [0.717, 1.165) is 13.0 Å². The fourth-order valence-corrected chi connectivity index (χ4v) is 3.01. The summed E-state index contributed by atoms with van der Waals surface area (Å²) in [5.41, 5.74) is 0. The molecule has 1 saturated heterocycles. The molecule has 2 aliphatic rings. The number of rotatable bonds is 3. The van der Waals surface area contributed by atoms with Gasteiger partial charge in [0, 0.05) is 0 Å². The number of carbonyl (C=O) groups is 1. The second-order valence-corrected chi connectivity index (χ2v) is 5.69. The van der Waals surface area contributed by atoms with Crippen molar-refractivity contribution in [2.45, 2.75) is 57.9 Å². The lowest BCUT2D eigenvalue weighted by Gasteiger charge is -2.29. The first-order valence-electron chi connectivity index (χ1n) is 7.17. The second-order valence-electron chi connectivity index (χ2n) is 5.69. The summed E-state index contributed by atoms with van der Waals surface area (Å²) in [6.07, 6.45) is 8.75. The van der Waals surface area contributed by atoms with Crippen molar-refractivity contribution in [3.63, 3.8) is 0 Å². The highest BCUT2D eigenvalue weighted by Crippen LogP contribution is 2.24. The lowest BCUT2D eigenvalue weighted by molar-refractivity contribution is -0.149. The number of ether oxygens (including phenoxy) is 1. The minimum Gasteiger partial charge on any atom is -0.464 e. The zero-order valence-corrected chi connectivity index (χ0v) is 10.9. The Hall–Kier alpha value is -0.570. The lowest BCUT2D eigenvalue weighted by Crippen LogP contribution is -2.47. The van der Waals surface area contributed by atoms with Gasteiger partial charge in [-0.25, -0.2) is 0 Å². The van der Waals surface area contributed by atoms with Gasteiger partial charge < -0.3 is 10.1 Å². The van der Waals surface area contributed by atoms with Gasteiger partial charge >= 0.3 is 5.97 Å². The molecule has 2 unspecified atom stereocenters. The van der Waals surface area contributed by atoms with Crippen LogP contribution in [-0.4, -0.2) is 25.2 Å². The molecule has 2 fully saturated rings. The van der Waals surface area contributed by atoms with Gasteiger partial charge in [0.1, 0.15) is 6.04 Å². The van der Waals surface area contributed by atoms with Crippen LogP contribution < -0.4 is 5.32 Å². The van der Waals surface area contributed by atoms with Crippen molar-refractivity contribution in [2.75, 3.05) is 13.2 Å². The highest BCUT2D eigenvalue weighted by atomic mass is 16.5. The van der Waals surface area contributed by atoms with Crippen LogP contribution in [0.5, 0.6) is 0 Å². The number of piperidine rings is 1. The first-order chi connectivity index (χ1) is 8.27. The molecule has 0 bridgehead atoms. The Kier molecular flexibility index (Phi) is 4.84. The van der Waals surface area contributed by atoms with Crippen LogP contribution in [0.25, 0.3) is 0 Å². The molecule has 0 aromatic carbocycles. The van der Waals surface area contributed by atoms with Crippen molar-refractivity contribution in [2.24, 2.45) is 11.8 Å². The molecule has 0 aromatic heterocycles. The van der Waals surface area contributed by atoms with Gasteiger partial charge in [-0.15, -0.1) is 0 Å². The van der Waals surface area contributed by atoms with E-state index in [-0.39, 0.29) is 12.0 Å². The highest BCUT2D eigenvalue weighted by molar-refractivity contribution is 5.76. The zero-order valence-electron chi connectivity index (χ0n) is 10.9. The molecule has 2 rings (SSSR count). The molecule has 1 aliphatic carbocycles. The molecule has 98 valence electrons. The molecule has 0 radical (unpaired) electrons. The second kappa shape index (κ2) is 6.39. The Bertz CT molecular complexity index is 249. The summed E-state index contributed by atoms with van der Waals surface area (Å²) in [5.74, 6) is 1.01. The van der Waals surface area contributed by atoms with Crippen LogP contribution in [0.4, 0.5) is 0 Å². The van der Waals surface area contributed by atoms with Gasteiger partial charge in [-0.2, -0.15) is 0 Å². The van der Waals surface area contributed by atoms with Crippen molar-refractivity contribution >= 4 is 5.97 Å². The summed E-state index contributed by atoms with van der Waals surface area (Å²) < 4.78 is 5.49. The Morgan fingerprint density at radius 1 is 1.18 bits per heavy atom. The zero-order chi connectivity index (χ0) is 12.1. The van der Waals surface area contributed by atoms with E-state index in [4.69, 9.17) is 4.74 Å². The largest absolute Gasteiger partial charge is 0.464 e. The molecule has 3 nitrogen and oxygen atoms in total. The van der Waals surface area contributed by atoms with Crippen LogP contribution in [-0.2, 0) is 9.53 Å². The fourth-order valence-electron chi connectivity index (χ4n) is 3.01. The van der Waals surface area contributed by atoms with Crippen molar-refractivity contribution in [1.29, 1.82) is 0 Å². The molecule has 2 atom stereocenters. The van der Waals surface area contributed by atoms with E-state index in [1.54, 1.807) is 0 Å². The monoisotopic (exact) mass is 239 g/mol. The SMILES string of the molecule is CC1CCCNC1C(=O)OCC1CCCCC1. The van der Waals surface area contributed by atoms with E-state index in [1.165, 1.54) is 38.5 Å². The summed E-state index contributed by atoms with van der Waals surface area (Å²) in [7, 11) is 0. The summed E-state index contributed by atoms with van der Waals surface area (Å²) in [6, 6.07) is -0.0626. The van der Waals surface area contributed by atoms with Crippen LogP contribution in [0.15, 0.2) is 0 Å². The van der Waals surface area contributed by atoms with Crippen molar-refractivity contribution < 1.29 is 9.53 Å². The minimum atomic E-state index is -0.0626. The molecular formula is C14H25NO2. The van der Waals surface area contributed by atoms with Gasteiger partial charge in [-0.05, 0) is 44.1 Å². The van der Waals surface area contributed by atoms with Crippen molar-refractivity contribution in [3.05, 3.63) is 0 Å². The molecule has 1 N–H and O–H groups in total. The minimum absolute atomic E-state index is 0.0252. The molecule has 0 spiro atoms. The summed E-state index contributed by atoms with van der Waals surface area (Å²) in [6.45, 7) is 3.73. The predicted octanol–water partition coefficient (Wildman–Crippen LogP) is 2.50. The van der Waals surface area contributed by atoms with Crippen LogP contribution in [0.2, 0.25) is 0 Å². The fraction of sp³-hybridized carbons (Fsp3) is 0.929. The number of hydrogen-bond acceptors (Lipinski definition) is 3. The third kappa shape index (κ3) is 3.70. The first kappa shape index (κ1) is 12.9. The van der Waals surface area contributed by atoms with Crippen LogP contribution in [0, 0.1) is 11.8 Å². The third-order valence-electron chi connectivity index (χ3n) is 4.21. The number of carbonyl (C=O) groups excluding carboxylic acids is 1. The van der Waals surface area contributed by atoms with Crippen molar-refractivity contribution in [1.82, 2.24) is 5.32 Å². The first-order valence-corrected chi connectivity index (χ1v) is 7.17. The average molecular weight is 239 g/mol. The standard InChI is InChI=1S/C14H25NO2/c1-11-6-5-9-15-13(11)14(16)17-10-12-7-3-2-4-8-12/h11-13,15H,2-10H2,1H3. The maximum absolute atomic E-state index is 12.0. The Morgan fingerprint density at radius 3 is 2.65 bits per heavy atom. The molecule has 0 aromatic rings. The molecule has 0 amide bonds. The van der Waals surface area contributed by atoms with Gasteiger partial charge in [0.2, 0.25) is 0 Å². The van der Waals surface area contributed by atoms with Crippen LogP contribution >= 0.6 is 0 Å². The van der Waals surface area contributed by atoms with E-state index in [2.05, 4.69) is 12.2 Å². The molecule has 1 aliphatic heterocycles. The third-order valence-corrected chi connectivity index (χ3v) is 4.21. The van der Waals surface area contributed by atoms with E-state index in [9.17, 15) is 4.79 Å². The molecule has 17 heavy (non-hydrogen) atoms. The van der Waals surface area contributed by atoms with Crippen LogP contribution in [0.3, 0.4) is 0 Å². The summed E-state index contributed by atoms with van der Waals surface area (Å²) in [4.78, 5) is 12.0. The van der Waals surface area contributed by atoms with Gasteiger partial charge in [-0.1, -0.05) is 26.2 Å². The predicted molar refractivity (Wildman–Crippen MR) is 67.7 cm³/mol. The Morgan fingerprint density at radius 2 is 1.94 bits per heavy atom. The summed E-state index contributed by atoms with van der Waals surface area (Å²) in [5, 5.41) is 3.28. The molecular weight excluding hydrogens is 214 g/mol. The normalized spacial score (nSPS) is 31.1. The van der Waals surface area contributed by atoms with Crippen molar-refractivity contribution in [3.8, 4) is 0 Å². The van der Waals surface area contributed by atoms with Gasteiger partial charge in [-0.3, -0.25) is 4.79 Å². The van der Waals surface area contributed by atoms with Gasteiger partial charge in [0.05, 0.1) is 6.61 Å². The molecule has 3 heteroatoms. The molecule has 1 saturated carbocycles. The lowest BCUT2D eigenvalue weighted by atomic mass is 9.90. The number of esters is 1. The number of hydrogen-bond donors (Lipinski definition) is 1. The smallest absolute Gasteiger partial charge is 0.323 e. The summed E-state index contributed by atoms with van der Waals surface area (Å²) >= 11 is 0. The van der Waals surface area contributed by atoms with Gasteiger partial charge in [0.25, 0.3) is 0 Å². The van der Waals surface area contributed by atoms with Gasteiger partial charge in [0.15, 0.2) is 0 Å². The molecule has 1 heterocycles. The number of nitrogens with one attached hydrogen (secondary N) is 1. The van der Waals surface area contributed by atoms with Crippen LogP contribution in [0.1, 0.15) is 51.9 Å². The van der Waals surface area contributed by atoms with E-state index in [0.29, 0.717) is 18.4 Å². The maximum atomic E-state index is 12.0. The topological polar surface area (TPSA) is 38.3 Å². The van der Waals surface area contributed by atoms with E-state index >= 15 is 0 Å². The Balaban J connectivity index is 1.72. The average Bonchev–Trinajstić information content (AvgIpc) is 2.38. The van der Waals surface area contributed by atoms with E-state index < -0.39 is 0 Å². The van der Waals surface area contributed by atoms with E-state index in [1.807, 2.05) is 0 Å². The maximum Gasteiger partial charge on any atom is 0.323 e. The Labute approximate surface area is 104 Å².